The molecule has 1 fully saturated rings. The number of halogens is 1. The van der Waals surface area contributed by atoms with Gasteiger partial charge in [-0.3, -0.25) is 4.90 Å². The summed E-state index contributed by atoms with van der Waals surface area (Å²) in [7, 11) is 0. The van der Waals surface area contributed by atoms with E-state index >= 15 is 0 Å². The van der Waals surface area contributed by atoms with Crippen molar-refractivity contribution in [2.75, 3.05) is 31.1 Å². The van der Waals surface area contributed by atoms with Crippen LogP contribution in [0.2, 0.25) is 0 Å². The zero-order valence-corrected chi connectivity index (χ0v) is 13.2. The Balaban J connectivity index is 1.97. The minimum atomic E-state index is 0.377. The average molecular weight is 311 g/mol. The molecule has 1 unspecified atom stereocenters. The van der Waals surface area contributed by atoms with Crippen molar-refractivity contribution in [1.82, 2.24) is 4.90 Å². The fourth-order valence-electron chi connectivity index (χ4n) is 2.52. The van der Waals surface area contributed by atoms with Crippen molar-refractivity contribution in [3.05, 3.63) is 30.3 Å². The predicted octanol–water partition coefficient (Wildman–Crippen LogP) is 3.58. The van der Waals surface area contributed by atoms with E-state index in [0.29, 0.717) is 10.4 Å². The molecular weight excluding hydrogens is 288 g/mol. The summed E-state index contributed by atoms with van der Waals surface area (Å²) in [4.78, 5) is 5.41. The smallest absolute Gasteiger partial charge is 0.0972 e. The molecule has 3 heteroatoms. The highest BCUT2D eigenvalue weighted by Gasteiger charge is 2.27. The number of nitrogens with zero attached hydrogens (tertiary/aromatic N) is 2. The van der Waals surface area contributed by atoms with E-state index in [1.165, 1.54) is 5.69 Å². The lowest BCUT2D eigenvalue weighted by molar-refractivity contribution is 0.178. The van der Waals surface area contributed by atoms with E-state index in [1.54, 1.807) is 0 Å². The van der Waals surface area contributed by atoms with Crippen LogP contribution in [0.25, 0.3) is 0 Å². The van der Waals surface area contributed by atoms with Gasteiger partial charge in [-0.25, -0.2) is 0 Å². The molecule has 0 aromatic heterocycles. The van der Waals surface area contributed by atoms with Crippen molar-refractivity contribution >= 4 is 21.6 Å². The summed E-state index contributed by atoms with van der Waals surface area (Å²) in [6, 6.07) is 10.7. The highest BCUT2D eigenvalue weighted by Crippen LogP contribution is 2.25. The van der Waals surface area contributed by atoms with Crippen LogP contribution in [0.15, 0.2) is 30.3 Å². The zero-order valence-electron chi connectivity index (χ0n) is 11.6. The topological polar surface area (TPSA) is 6.48 Å². The first-order chi connectivity index (χ1) is 8.46. The molecule has 0 bridgehead atoms. The molecular formula is C15H23BrN2. The molecule has 0 saturated carbocycles. The van der Waals surface area contributed by atoms with Crippen LogP contribution in [0, 0.1) is 5.41 Å². The first-order valence-corrected chi connectivity index (χ1v) is 7.55. The first-order valence-electron chi connectivity index (χ1n) is 6.64. The molecule has 2 nitrogen and oxygen atoms in total. The van der Waals surface area contributed by atoms with Crippen molar-refractivity contribution in [3.63, 3.8) is 0 Å². The lowest BCUT2D eigenvalue weighted by Gasteiger charge is -2.42. The molecule has 1 saturated heterocycles. The second-order valence-electron chi connectivity index (χ2n) is 6.26. The zero-order chi connectivity index (χ0) is 13.2. The Hall–Kier alpha value is -0.540. The Morgan fingerprint density at radius 1 is 1.17 bits per heavy atom. The molecule has 18 heavy (non-hydrogen) atoms. The summed E-state index contributed by atoms with van der Waals surface area (Å²) >= 11 is 3.82. The van der Waals surface area contributed by atoms with Crippen LogP contribution in [-0.4, -0.2) is 36.0 Å². The molecule has 1 atom stereocenters. The second-order valence-corrected chi connectivity index (χ2v) is 7.32. The van der Waals surface area contributed by atoms with E-state index in [-0.39, 0.29) is 0 Å². The lowest BCUT2D eigenvalue weighted by atomic mass is 9.96. The molecule has 0 amide bonds. The van der Waals surface area contributed by atoms with Crippen LogP contribution in [0.1, 0.15) is 20.8 Å². The number of hydrogen-bond acceptors (Lipinski definition) is 2. The quantitative estimate of drug-likeness (QED) is 0.608. The number of rotatable bonds is 2. The molecule has 0 radical (unpaired) electrons. The van der Waals surface area contributed by atoms with Gasteiger partial charge in [0.15, 0.2) is 0 Å². The lowest BCUT2D eigenvalue weighted by Crippen LogP contribution is -2.52. The Kier molecular flexibility index (Phi) is 4.33. The molecule has 100 valence electrons. The highest BCUT2D eigenvalue weighted by atomic mass is 79.9. The van der Waals surface area contributed by atoms with Gasteiger partial charge in [-0.1, -0.05) is 54.9 Å². The Bertz CT molecular complexity index is 372. The van der Waals surface area contributed by atoms with Gasteiger partial charge < -0.3 is 4.90 Å². The summed E-state index contributed by atoms with van der Waals surface area (Å²) in [5, 5.41) is 0. The van der Waals surface area contributed by atoms with Crippen molar-refractivity contribution in [1.29, 1.82) is 0 Å². The molecule has 1 aliphatic rings. The highest BCUT2D eigenvalue weighted by molar-refractivity contribution is 9.09. The summed E-state index contributed by atoms with van der Waals surface area (Å²) < 4.78 is 0. The van der Waals surface area contributed by atoms with Crippen LogP contribution in [-0.2, 0) is 0 Å². The molecule has 1 aromatic carbocycles. The summed E-state index contributed by atoms with van der Waals surface area (Å²) in [6.07, 6.45) is 0. The maximum absolute atomic E-state index is 3.82. The monoisotopic (exact) mass is 310 g/mol. The van der Waals surface area contributed by atoms with E-state index in [9.17, 15) is 0 Å². The van der Waals surface area contributed by atoms with Gasteiger partial charge in [-0.15, -0.1) is 0 Å². The van der Waals surface area contributed by atoms with Gasteiger partial charge in [-0.05, 0) is 17.5 Å². The van der Waals surface area contributed by atoms with Gasteiger partial charge in [0.1, 0.15) is 0 Å². The first kappa shape index (κ1) is 13.9. The second kappa shape index (κ2) is 5.62. The van der Waals surface area contributed by atoms with Crippen LogP contribution in [0.3, 0.4) is 0 Å². The molecule has 0 spiro atoms. The van der Waals surface area contributed by atoms with E-state index in [0.717, 1.165) is 26.2 Å². The Labute approximate surface area is 119 Å². The molecule has 0 N–H and O–H groups in total. The fraction of sp³-hybridized carbons (Fsp3) is 0.600. The summed E-state index contributed by atoms with van der Waals surface area (Å²) in [6.45, 7) is 11.4. The van der Waals surface area contributed by atoms with E-state index in [1.807, 2.05) is 0 Å². The fourth-order valence-corrected chi connectivity index (χ4v) is 3.37. The van der Waals surface area contributed by atoms with Crippen LogP contribution < -0.4 is 4.90 Å². The van der Waals surface area contributed by atoms with Crippen LogP contribution in [0.5, 0.6) is 0 Å². The van der Waals surface area contributed by atoms with Gasteiger partial charge in [0.25, 0.3) is 0 Å². The van der Waals surface area contributed by atoms with E-state index < -0.39 is 0 Å². The van der Waals surface area contributed by atoms with Gasteiger partial charge >= 0.3 is 0 Å². The number of para-hydroxylation sites is 1. The van der Waals surface area contributed by atoms with Gasteiger partial charge in [0, 0.05) is 31.9 Å². The minimum absolute atomic E-state index is 0.377. The third-order valence-corrected chi connectivity index (χ3v) is 3.97. The number of piperazine rings is 1. The van der Waals surface area contributed by atoms with Crippen molar-refractivity contribution in [2.45, 2.75) is 25.7 Å². The minimum Gasteiger partial charge on any atom is -0.356 e. The van der Waals surface area contributed by atoms with Gasteiger partial charge in [0.2, 0.25) is 0 Å². The normalized spacial score (nSPS) is 22.2. The maximum Gasteiger partial charge on any atom is 0.0972 e. The average Bonchev–Trinajstić information content (AvgIpc) is 2.28. The summed E-state index contributed by atoms with van der Waals surface area (Å²) in [5.41, 5.74) is 1.69. The molecule has 1 heterocycles. The number of alkyl halides is 1. The number of hydrogen-bond donors (Lipinski definition) is 0. The van der Waals surface area contributed by atoms with Gasteiger partial charge in [0.05, 0.1) is 4.95 Å². The van der Waals surface area contributed by atoms with Crippen molar-refractivity contribution in [3.8, 4) is 0 Å². The van der Waals surface area contributed by atoms with Gasteiger partial charge in [-0.2, -0.15) is 0 Å². The molecule has 1 aliphatic heterocycles. The maximum atomic E-state index is 3.82. The third kappa shape index (κ3) is 3.72. The van der Waals surface area contributed by atoms with Crippen LogP contribution in [0.4, 0.5) is 5.69 Å². The molecule has 0 aliphatic carbocycles. The molecule has 1 aromatic rings. The van der Waals surface area contributed by atoms with E-state index in [2.05, 4.69) is 76.8 Å². The predicted molar refractivity (Wildman–Crippen MR) is 82.4 cm³/mol. The number of anilines is 1. The van der Waals surface area contributed by atoms with Crippen molar-refractivity contribution < 1.29 is 0 Å². The SMILES string of the molecule is CC(C)(C)CN1CCN(c2ccccc2)C(Br)C1. The molecule has 2 rings (SSSR count). The largest absolute Gasteiger partial charge is 0.356 e. The van der Waals surface area contributed by atoms with Crippen LogP contribution >= 0.6 is 15.9 Å². The standard InChI is InChI=1S/C15H23BrN2/c1-15(2,3)12-17-9-10-18(14(16)11-17)13-7-5-4-6-8-13/h4-8,14H,9-12H2,1-3H3. The Morgan fingerprint density at radius 2 is 1.83 bits per heavy atom. The van der Waals surface area contributed by atoms with E-state index in [4.69, 9.17) is 0 Å². The third-order valence-electron chi connectivity index (χ3n) is 3.19. The summed E-state index contributed by atoms with van der Waals surface area (Å²) in [5.74, 6) is 0. The number of benzene rings is 1. The Morgan fingerprint density at radius 3 is 2.39 bits per heavy atom. The van der Waals surface area contributed by atoms with Crippen molar-refractivity contribution in [2.24, 2.45) is 5.41 Å².